The number of rotatable bonds is 5. The van der Waals surface area contributed by atoms with Crippen LogP contribution in [0.4, 0.5) is 20.2 Å². The molecule has 0 spiro atoms. The molecular formula is C18H19F2N3O2. The second-order valence-corrected chi connectivity index (χ2v) is 6.24. The summed E-state index contributed by atoms with van der Waals surface area (Å²) in [7, 11) is 0. The summed E-state index contributed by atoms with van der Waals surface area (Å²) >= 11 is 0. The lowest BCUT2D eigenvalue weighted by Crippen LogP contribution is -2.38. The van der Waals surface area contributed by atoms with Crippen LogP contribution >= 0.6 is 0 Å². The van der Waals surface area contributed by atoms with Crippen LogP contribution in [0, 0.1) is 21.7 Å². The highest BCUT2D eigenvalue weighted by Gasteiger charge is 2.22. The van der Waals surface area contributed by atoms with Crippen LogP contribution in [0.15, 0.2) is 42.5 Å². The predicted octanol–water partition coefficient (Wildman–Crippen LogP) is 3.95. The number of halogens is 2. The fourth-order valence-electron chi connectivity index (χ4n) is 3.09. The zero-order valence-electron chi connectivity index (χ0n) is 13.6. The van der Waals surface area contributed by atoms with Gasteiger partial charge in [-0.25, -0.2) is 8.78 Å². The molecule has 1 fully saturated rings. The van der Waals surface area contributed by atoms with Crippen molar-refractivity contribution >= 4 is 11.4 Å². The molecule has 132 valence electrons. The molecule has 3 rings (SSSR count). The van der Waals surface area contributed by atoms with Gasteiger partial charge in [-0.3, -0.25) is 15.0 Å². The number of hydrogen-bond donors (Lipinski definition) is 1. The van der Waals surface area contributed by atoms with Crippen molar-refractivity contribution in [3.63, 3.8) is 0 Å². The van der Waals surface area contributed by atoms with Crippen molar-refractivity contribution in [3.05, 3.63) is 69.8 Å². The number of nitrogens with one attached hydrogen (secondary N) is 1. The van der Waals surface area contributed by atoms with E-state index in [0.29, 0.717) is 0 Å². The van der Waals surface area contributed by atoms with E-state index in [1.165, 1.54) is 24.3 Å². The van der Waals surface area contributed by atoms with Crippen LogP contribution in [0.3, 0.4) is 0 Å². The Morgan fingerprint density at radius 1 is 1.08 bits per heavy atom. The van der Waals surface area contributed by atoms with Crippen LogP contribution in [-0.2, 0) is 6.54 Å². The second-order valence-electron chi connectivity index (χ2n) is 6.24. The molecule has 0 aromatic heterocycles. The molecular weight excluding hydrogens is 328 g/mol. The van der Waals surface area contributed by atoms with Gasteiger partial charge in [0.2, 0.25) is 0 Å². The van der Waals surface area contributed by atoms with Crippen LogP contribution in [0.5, 0.6) is 0 Å². The van der Waals surface area contributed by atoms with Gasteiger partial charge in [-0.1, -0.05) is 12.1 Å². The van der Waals surface area contributed by atoms with E-state index in [0.717, 1.165) is 44.1 Å². The summed E-state index contributed by atoms with van der Waals surface area (Å²) in [5, 5.41) is 14.2. The summed E-state index contributed by atoms with van der Waals surface area (Å²) < 4.78 is 26.3. The second kappa shape index (κ2) is 7.57. The van der Waals surface area contributed by atoms with Crippen molar-refractivity contribution in [2.24, 2.45) is 0 Å². The molecule has 0 unspecified atom stereocenters. The number of nitro groups is 1. The molecule has 0 bridgehead atoms. The molecule has 1 aliphatic rings. The Bertz CT molecular complexity index is 744. The first kappa shape index (κ1) is 17.3. The highest BCUT2D eigenvalue weighted by Crippen LogP contribution is 2.27. The van der Waals surface area contributed by atoms with E-state index >= 15 is 0 Å². The summed E-state index contributed by atoms with van der Waals surface area (Å²) in [6.07, 6.45) is 1.60. The first-order valence-corrected chi connectivity index (χ1v) is 8.18. The highest BCUT2D eigenvalue weighted by molar-refractivity contribution is 5.61. The molecule has 1 aliphatic heterocycles. The van der Waals surface area contributed by atoms with Crippen LogP contribution in [0.25, 0.3) is 0 Å². The number of likely N-dealkylation sites (tertiary alicyclic amines) is 1. The topological polar surface area (TPSA) is 58.4 Å². The number of hydrogen-bond acceptors (Lipinski definition) is 4. The minimum absolute atomic E-state index is 0.0602. The summed E-state index contributed by atoms with van der Waals surface area (Å²) in [4.78, 5) is 12.8. The van der Waals surface area contributed by atoms with Crippen LogP contribution in [-0.4, -0.2) is 29.0 Å². The van der Waals surface area contributed by atoms with Crippen molar-refractivity contribution < 1.29 is 13.7 Å². The Balaban J connectivity index is 1.57. The Morgan fingerprint density at radius 2 is 1.72 bits per heavy atom. The molecule has 2 aromatic carbocycles. The van der Waals surface area contributed by atoms with E-state index in [1.54, 1.807) is 12.1 Å². The van der Waals surface area contributed by atoms with Crippen molar-refractivity contribution in [1.29, 1.82) is 0 Å². The van der Waals surface area contributed by atoms with Crippen molar-refractivity contribution in [2.45, 2.75) is 25.4 Å². The Hall–Kier alpha value is -2.54. The average molecular weight is 347 g/mol. The summed E-state index contributed by atoms with van der Waals surface area (Å²) in [6.45, 7) is 2.38. The lowest BCUT2D eigenvalue weighted by Gasteiger charge is -2.32. The molecule has 1 saturated heterocycles. The van der Waals surface area contributed by atoms with Gasteiger partial charge in [0.05, 0.1) is 4.92 Å². The first-order chi connectivity index (χ1) is 12.0. The quantitative estimate of drug-likeness (QED) is 0.657. The smallest absolute Gasteiger partial charge is 0.292 e. The van der Waals surface area contributed by atoms with Gasteiger partial charge in [0, 0.05) is 37.8 Å². The molecule has 2 aromatic rings. The lowest BCUT2D eigenvalue weighted by atomic mass is 10.0. The van der Waals surface area contributed by atoms with Gasteiger partial charge in [0.25, 0.3) is 5.69 Å². The SMILES string of the molecule is O=[N+]([O-])c1ccc(F)cc1NC1CCN(Cc2ccc(F)cc2)CC1. The van der Waals surface area contributed by atoms with Gasteiger partial charge in [0.1, 0.15) is 17.3 Å². The number of nitro benzene ring substituents is 1. The third-order valence-corrected chi connectivity index (χ3v) is 4.42. The van der Waals surface area contributed by atoms with Crippen molar-refractivity contribution in [1.82, 2.24) is 4.90 Å². The molecule has 5 nitrogen and oxygen atoms in total. The fraction of sp³-hybridized carbons (Fsp3) is 0.333. The van der Waals surface area contributed by atoms with Crippen LogP contribution in [0.2, 0.25) is 0 Å². The van der Waals surface area contributed by atoms with E-state index in [1.807, 2.05) is 0 Å². The first-order valence-electron chi connectivity index (χ1n) is 8.18. The van der Waals surface area contributed by atoms with E-state index in [2.05, 4.69) is 10.2 Å². The monoisotopic (exact) mass is 347 g/mol. The van der Waals surface area contributed by atoms with Crippen molar-refractivity contribution in [2.75, 3.05) is 18.4 Å². The zero-order chi connectivity index (χ0) is 17.8. The molecule has 0 amide bonds. The standard InChI is InChI=1S/C18H19F2N3O2/c19-14-3-1-13(2-4-14)12-22-9-7-16(8-10-22)21-17-11-15(20)5-6-18(17)23(24)25/h1-6,11,16,21H,7-10,12H2. The van der Waals surface area contributed by atoms with Gasteiger partial charge in [-0.15, -0.1) is 0 Å². The maximum atomic E-state index is 13.4. The Kier molecular flexibility index (Phi) is 5.23. The van der Waals surface area contributed by atoms with Crippen LogP contribution < -0.4 is 5.32 Å². The summed E-state index contributed by atoms with van der Waals surface area (Å²) in [5.41, 5.74) is 1.16. The number of anilines is 1. The van der Waals surface area contributed by atoms with E-state index in [4.69, 9.17) is 0 Å². The molecule has 0 radical (unpaired) electrons. The van der Waals surface area contributed by atoms with Gasteiger partial charge < -0.3 is 5.32 Å². The van der Waals surface area contributed by atoms with Gasteiger partial charge in [-0.2, -0.15) is 0 Å². The summed E-state index contributed by atoms with van der Waals surface area (Å²) in [6, 6.07) is 9.95. The number of piperidine rings is 1. The van der Waals surface area contributed by atoms with Crippen LogP contribution in [0.1, 0.15) is 18.4 Å². The number of nitrogens with zero attached hydrogens (tertiary/aromatic N) is 2. The predicted molar refractivity (Wildman–Crippen MR) is 91.4 cm³/mol. The third kappa shape index (κ3) is 4.51. The maximum Gasteiger partial charge on any atom is 0.292 e. The largest absolute Gasteiger partial charge is 0.377 e. The Morgan fingerprint density at radius 3 is 2.36 bits per heavy atom. The minimum atomic E-state index is -0.508. The fourth-order valence-corrected chi connectivity index (χ4v) is 3.09. The lowest BCUT2D eigenvalue weighted by molar-refractivity contribution is -0.384. The van der Waals surface area contributed by atoms with E-state index < -0.39 is 10.7 Å². The molecule has 1 N–H and O–H groups in total. The molecule has 25 heavy (non-hydrogen) atoms. The molecule has 1 heterocycles. The van der Waals surface area contributed by atoms with Gasteiger partial charge >= 0.3 is 0 Å². The average Bonchev–Trinajstić information content (AvgIpc) is 2.58. The highest BCUT2D eigenvalue weighted by atomic mass is 19.1. The molecule has 7 heteroatoms. The van der Waals surface area contributed by atoms with Gasteiger partial charge in [0.15, 0.2) is 0 Å². The molecule has 0 saturated carbocycles. The minimum Gasteiger partial charge on any atom is -0.377 e. The third-order valence-electron chi connectivity index (χ3n) is 4.42. The van der Waals surface area contributed by atoms with E-state index in [9.17, 15) is 18.9 Å². The Labute approximate surface area is 144 Å². The van der Waals surface area contributed by atoms with E-state index in [-0.39, 0.29) is 23.2 Å². The number of benzene rings is 2. The van der Waals surface area contributed by atoms with Crippen molar-refractivity contribution in [3.8, 4) is 0 Å². The summed E-state index contributed by atoms with van der Waals surface area (Å²) in [5.74, 6) is -0.745. The molecule has 0 atom stereocenters. The normalized spacial score (nSPS) is 15.9. The maximum absolute atomic E-state index is 13.4. The zero-order valence-corrected chi connectivity index (χ0v) is 13.6. The molecule has 0 aliphatic carbocycles. The van der Waals surface area contributed by atoms with Gasteiger partial charge in [-0.05, 0) is 36.6 Å².